The molecule has 0 bridgehead atoms. The molecule has 0 heterocycles. The van der Waals surface area contributed by atoms with Crippen LogP contribution in [0.5, 0.6) is 0 Å². The van der Waals surface area contributed by atoms with Crippen LogP contribution in [0.15, 0.2) is 24.3 Å². The highest BCUT2D eigenvalue weighted by molar-refractivity contribution is 5.20. The van der Waals surface area contributed by atoms with Gasteiger partial charge in [-0.3, -0.25) is 0 Å². The van der Waals surface area contributed by atoms with Crippen molar-refractivity contribution in [3.05, 3.63) is 35.6 Å². The van der Waals surface area contributed by atoms with Crippen LogP contribution in [-0.4, -0.2) is 17.8 Å². The van der Waals surface area contributed by atoms with Crippen molar-refractivity contribution in [2.45, 2.75) is 44.8 Å². The van der Waals surface area contributed by atoms with Crippen molar-refractivity contribution < 1.29 is 9.50 Å². The van der Waals surface area contributed by atoms with Gasteiger partial charge in [0.1, 0.15) is 5.82 Å². The molecule has 1 saturated carbocycles. The van der Waals surface area contributed by atoms with E-state index in [9.17, 15) is 9.50 Å². The maximum atomic E-state index is 13.6. The van der Waals surface area contributed by atoms with E-state index in [4.69, 9.17) is 0 Å². The summed E-state index contributed by atoms with van der Waals surface area (Å²) in [7, 11) is 0. The minimum Gasteiger partial charge on any atom is -0.392 e. The molecular formula is C15H22FNO. The third-order valence-corrected chi connectivity index (χ3v) is 3.95. The Kier molecular flexibility index (Phi) is 4.72. The van der Waals surface area contributed by atoms with Gasteiger partial charge in [-0.05, 0) is 31.7 Å². The van der Waals surface area contributed by atoms with E-state index in [1.807, 2.05) is 13.0 Å². The predicted molar refractivity (Wildman–Crippen MR) is 70.8 cm³/mol. The number of benzene rings is 1. The summed E-state index contributed by atoms with van der Waals surface area (Å²) in [6.45, 7) is 2.47. The van der Waals surface area contributed by atoms with Gasteiger partial charge in [0.05, 0.1) is 6.10 Å². The van der Waals surface area contributed by atoms with Crippen molar-refractivity contribution in [2.75, 3.05) is 6.54 Å². The first-order valence-corrected chi connectivity index (χ1v) is 6.84. The van der Waals surface area contributed by atoms with Crippen LogP contribution in [0.4, 0.5) is 4.39 Å². The molecule has 1 aliphatic rings. The van der Waals surface area contributed by atoms with Crippen LogP contribution >= 0.6 is 0 Å². The van der Waals surface area contributed by atoms with Crippen LogP contribution in [0.2, 0.25) is 0 Å². The third kappa shape index (κ3) is 3.30. The number of nitrogens with one attached hydrogen (secondary N) is 1. The lowest BCUT2D eigenvalue weighted by Crippen LogP contribution is -2.33. The summed E-state index contributed by atoms with van der Waals surface area (Å²) >= 11 is 0. The largest absolute Gasteiger partial charge is 0.392 e. The molecule has 2 atom stereocenters. The van der Waals surface area contributed by atoms with E-state index >= 15 is 0 Å². The van der Waals surface area contributed by atoms with Gasteiger partial charge in [-0.1, -0.05) is 31.0 Å². The van der Waals surface area contributed by atoms with Crippen LogP contribution in [0.3, 0.4) is 0 Å². The molecule has 2 rings (SSSR count). The molecule has 2 N–H and O–H groups in total. The second kappa shape index (κ2) is 6.30. The summed E-state index contributed by atoms with van der Waals surface area (Å²) in [5.41, 5.74) is 0.663. The summed E-state index contributed by atoms with van der Waals surface area (Å²) in [6, 6.07) is 6.72. The lowest BCUT2D eigenvalue weighted by atomic mass is 10.00. The van der Waals surface area contributed by atoms with Crippen LogP contribution in [-0.2, 0) is 0 Å². The van der Waals surface area contributed by atoms with Gasteiger partial charge in [0, 0.05) is 18.2 Å². The molecule has 100 valence electrons. The Morgan fingerprint density at radius 1 is 1.33 bits per heavy atom. The molecule has 3 heteroatoms. The van der Waals surface area contributed by atoms with E-state index in [1.54, 1.807) is 12.1 Å². The molecule has 2 nitrogen and oxygen atoms in total. The SMILES string of the molecule is CC(NCC(O)C1CCCC1)c1ccccc1F. The highest BCUT2D eigenvalue weighted by Crippen LogP contribution is 2.27. The Labute approximate surface area is 108 Å². The molecule has 1 aliphatic carbocycles. The van der Waals surface area contributed by atoms with Gasteiger partial charge in [-0.15, -0.1) is 0 Å². The molecule has 0 saturated heterocycles. The maximum absolute atomic E-state index is 13.6. The normalized spacial score (nSPS) is 19.9. The molecule has 0 aromatic heterocycles. The Hall–Kier alpha value is -0.930. The summed E-state index contributed by atoms with van der Waals surface area (Å²) in [4.78, 5) is 0. The fourth-order valence-corrected chi connectivity index (χ4v) is 2.74. The topological polar surface area (TPSA) is 32.3 Å². The van der Waals surface area contributed by atoms with Crippen LogP contribution in [0.25, 0.3) is 0 Å². The van der Waals surface area contributed by atoms with Crippen molar-refractivity contribution in [3.63, 3.8) is 0 Å². The fourth-order valence-electron chi connectivity index (χ4n) is 2.74. The first-order chi connectivity index (χ1) is 8.68. The van der Waals surface area contributed by atoms with Gasteiger partial charge in [0.25, 0.3) is 0 Å². The van der Waals surface area contributed by atoms with Gasteiger partial charge in [0.2, 0.25) is 0 Å². The maximum Gasteiger partial charge on any atom is 0.127 e. The summed E-state index contributed by atoms with van der Waals surface area (Å²) in [5, 5.41) is 13.3. The number of aliphatic hydroxyl groups is 1. The van der Waals surface area contributed by atoms with Crippen molar-refractivity contribution in [1.82, 2.24) is 5.32 Å². The molecule has 1 aromatic carbocycles. The summed E-state index contributed by atoms with van der Waals surface area (Å²) in [6.07, 6.45) is 4.39. The zero-order valence-electron chi connectivity index (χ0n) is 10.9. The van der Waals surface area contributed by atoms with Crippen molar-refractivity contribution >= 4 is 0 Å². The first kappa shape index (κ1) is 13.5. The van der Waals surface area contributed by atoms with E-state index in [0.717, 1.165) is 12.8 Å². The van der Waals surface area contributed by atoms with Gasteiger partial charge >= 0.3 is 0 Å². The van der Waals surface area contributed by atoms with Gasteiger partial charge in [0.15, 0.2) is 0 Å². The molecule has 1 fully saturated rings. The Balaban J connectivity index is 1.84. The standard InChI is InChI=1S/C15H22FNO/c1-11(13-8-4-5-9-14(13)16)17-10-15(18)12-6-2-3-7-12/h4-5,8-9,11-12,15,17-18H,2-3,6-7,10H2,1H3. The second-order valence-corrected chi connectivity index (χ2v) is 5.26. The van der Waals surface area contributed by atoms with Crippen LogP contribution in [0.1, 0.15) is 44.2 Å². The molecule has 0 spiro atoms. The smallest absolute Gasteiger partial charge is 0.127 e. The number of aliphatic hydroxyl groups excluding tert-OH is 1. The number of hydrogen-bond donors (Lipinski definition) is 2. The highest BCUT2D eigenvalue weighted by atomic mass is 19.1. The molecule has 18 heavy (non-hydrogen) atoms. The lowest BCUT2D eigenvalue weighted by Gasteiger charge is -2.21. The predicted octanol–water partition coefficient (Wildman–Crippen LogP) is 3.03. The van der Waals surface area contributed by atoms with Gasteiger partial charge < -0.3 is 10.4 Å². The number of rotatable bonds is 5. The van der Waals surface area contributed by atoms with E-state index < -0.39 is 0 Å². The van der Waals surface area contributed by atoms with Crippen molar-refractivity contribution in [3.8, 4) is 0 Å². The average molecular weight is 251 g/mol. The van der Waals surface area contributed by atoms with Gasteiger partial charge in [-0.25, -0.2) is 4.39 Å². The molecule has 0 aliphatic heterocycles. The number of hydrogen-bond acceptors (Lipinski definition) is 2. The lowest BCUT2D eigenvalue weighted by molar-refractivity contribution is 0.106. The zero-order valence-corrected chi connectivity index (χ0v) is 10.9. The van der Waals surface area contributed by atoms with Crippen molar-refractivity contribution in [2.24, 2.45) is 5.92 Å². The quantitative estimate of drug-likeness (QED) is 0.843. The first-order valence-electron chi connectivity index (χ1n) is 6.84. The average Bonchev–Trinajstić information content (AvgIpc) is 2.90. The summed E-state index contributed by atoms with van der Waals surface area (Å²) in [5.74, 6) is 0.234. The van der Waals surface area contributed by atoms with Crippen LogP contribution < -0.4 is 5.32 Å². The fraction of sp³-hybridized carbons (Fsp3) is 0.600. The minimum absolute atomic E-state index is 0.0674. The monoisotopic (exact) mass is 251 g/mol. The minimum atomic E-state index is -0.304. The third-order valence-electron chi connectivity index (χ3n) is 3.95. The number of halogens is 1. The molecular weight excluding hydrogens is 229 g/mol. The van der Waals surface area contributed by atoms with E-state index in [-0.39, 0.29) is 18.0 Å². The van der Waals surface area contributed by atoms with E-state index in [1.165, 1.54) is 18.9 Å². The molecule has 2 unspecified atom stereocenters. The second-order valence-electron chi connectivity index (χ2n) is 5.26. The molecule has 0 radical (unpaired) electrons. The highest BCUT2D eigenvalue weighted by Gasteiger charge is 2.23. The Bertz CT molecular complexity index is 377. The Morgan fingerprint density at radius 3 is 2.67 bits per heavy atom. The van der Waals surface area contributed by atoms with Crippen molar-refractivity contribution in [1.29, 1.82) is 0 Å². The molecule has 1 aromatic rings. The summed E-state index contributed by atoms with van der Waals surface area (Å²) < 4.78 is 13.6. The Morgan fingerprint density at radius 2 is 2.00 bits per heavy atom. The van der Waals surface area contributed by atoms with E-state index in [2.05, 4.69) is 5.32 Å². The van der Waals surface area contributed by atoms with Crippen LogP contribution in [0, 0.1) is 11.7 Å². The molecule has 0 amide bonds. The zero-order chi connectivity index (χ0) is 13.0. The van der Waals surface area contributed by atoms with Gasteiger partial charge in [-0.2, -0.15) is 0 Å². The van der Waals surface area contributed by atoms with E-state index in [0.29, 0.717) is 18.0 Å².